The number of ether oxygens (including phenoxy) is 2. The van der Waals surface area contributed by atoms with Crippen LogP contribution in [-0.2, 0) is 17.8 Å². The highest BCUT2D eigenvalue weighted by Gasteiger charge is 2.17. The summed E-state index contributed by atoms with van der Waals surface area (Å²) in [5, 5.41) is 6.74. The zero-order valence-electron chi connectivity index (χ0n) is 17.1. The molecule has 1 unspecified atom stereocenters. The Labute approximate surface area is 172 Å². The molecule has 1 atom stereocenters. The number of aliphatic imine (C=N–C) groups is 1. The molecule has 0 aliphatic carbocycles. The van der Waals surface area contributed by atoms with Gasteiger partial charge < -0.3 is 20.1 Å². The molecular weight excluding hydrogens is 370 g/mol. The number of hydrogen-bond acceptors (Lipinski definition) is 4. The van der Waals surface area contributed by atoms with Crippen LogP contribution in [0.1, 0.15) is 34.2 Å². The number of hydrogen-bond donors (Lipinski definition) is 2. The molecule has 1 aliphatic heterocycles. The first-order valence-electron chi connectivity index (χ1n) is 10.0. The highest BCUT2D eigenvalue weighted by Crippen LogP contribution is 2.23. The molecule has 1 saturated heterocycles. The average Bonchev–Trinajstić information content (AvgIpc) is 3.35. The van der Waals surface area contributed by atoms with Crippen molar-refractivity contribution < 1.29 is 9.47 Å². The Morgan fingerprint density at radius 1 is 1.25 bits per heavy atom. The summed E-state index contributed by atoms with van der Waals surface area (Å²) in [4.78, 5) is 7.40. The molecular formula is C22H31N3O2S. The van der Waals surface area contributed by atoms with E-state index >= 15 is 0 Å². The van der Waals surface area contributed by atoms with Gasteiger partial charge in [0.25, 0.3) is 0 Å². The normalized spacial score (nSPS) is 17.0. The van der Waals surface area contributed by atoms with Crippen molar-refractivity contribution >= 4 is 17.3 Å². The lowest BCUT2D eigenvalue weighted by Gasteiger charge is -2.15. The van der Waals surface area contributed by atoms with E-state index in [2.05, 4.69) is 61.7 Å². The molecule has 0 radical (unpaired) electrons. The monoisotopic (exact) mass is 401 g/mol. The molecule has 2 N–H and O–H groups in total. The Morgan fingerprint density at radius 2 is 2.14 bits per heavy atom. The van der Waals surface area contributed by atoms with Crippen molar-refractivity contribution in [1.82, 2.24) is 10.6 Å². The molecule has 0 amide bonds. The van der Waals surface area contributed by atoms with Crippen molar-refractivity contribution in [2.45, 2.75) is 40.3 Å². The fourth-order valence-electron chi connectivity index (χ4n) is 3.11. The van der Waals surface area contributed by atoms with Crippen molar-refractivity contribution in [1.29, 1.82) is 0 Å². The fourth-order valence-corrected chi connectivity index (χ4v) is 3.94. The van der Waals surface area contributed by atoms with E-state index in [9.17, 15) is 0 Å². The molecule has 2 heterocycles. The largest absolute Gasteiger partial charge is 0.493 e. The third-order valence-corrected chi connectivity index (χ3v) is 5.70. The number of rotatable bonds is 8. The van der Waals surface area contributed by atoms with Crippen molar-refractivity contribution in [2.24, 2.45) is 10.9 Å². The third kappa shape index (κ3) is 6.24. The van der Waals surface area contributed by atoms with E-state index in [-0.39, 0.29) is 0 Å². The Balaban J connectivity index is 1.63. The van der Waals surface area contributed by atoms with Crippen LogP contribution >= 0.6 is 11.3 Å². The summed E-state index contributed by atoms with van der Waals surface area (Å²) in [6.07, 6.45) is 1.08. The highest BCUT2D eigenvalue weighted by atomic mass is 32.1. The molecule has 28 heavy (non-hydrogen) atoms. The maximum atomic E-state index is 6.14. The molecule has 1 fully saturated rings. The van der Waals surface area contributed by atoms with Crippen molar-refractivity contribution in [3.63, 3.8) is 0 Å². The summed E-state index contributed by atoms with van der Waals surface area (Å²) in [7, 11) is 0. The van der Waals surface area contributed by atoms with Crippen LogP contribution in [0.4, 0.5) is 0 Å². The molecule has 1 aliphatic rings. The summed E-state index contributed by atoms with van der Waals surface area (Å²) in [6, 6.07) is 10.7. The zero-order valence-corrected chi connectivity index (χ0v) is 17.9. The standard InChI is InChI=1S/C22H31N3O2S/c1-4-23-22(25-13-20-8-6-17(3)28-20)24-12-19-7-5-16(2)11-21(19)27-15-18-9-10-26-14-18/h5-8,11,18H,4,9-10,12-15H2,1-3H3,(H2,23,24,25). The average molecular weight is 402 g/mol. The lowest BCUT2D eigenvalue weighted by molar-refractivity contribution is 0.166. The van der Waals surface area contributed by atoms with E-state index in [0.29, 0.717) is 19.1 Å². The Kier molecular flexibility index (Phi) is 7.74. The van der Waals surface area contributed by atoms with Crippen molar-refractivity contribution in [3.05, 3.63) is 51.2 Å². The predicted octanol–water partition coefficient (Wildman–Crippen LogP) is 4.04. The number of guanidine groups is 1. The number of aryl methyl sites for hydroxylation is 2. The van der Waals surface area contributed by atoms with Crippen LogP contribution in [0.2, 0.25) is 0 Å². The van der Waals surface area contributed by atoms with Crippen LogP contribution < -0.4 is 15.4 Å². The Hall–Kier alpha value is -2.05. The second-order valence-corrected chi connectivity index (χ2v) is 8.59. The van der Waals surface area contributed by atoms with Crippen molar-refractivity contribution in [2.75, 3.05) is 26.4 Å². The van der Waals surface area contributed by atoms with Gasteiger partial charge in [0.15, 0.2) is 5.96 Å². The third-order valence-electron chi connectivity index (χ3n) is 4.70. The van der Waals surface area contributed by atoms with Gasteiger partial charge in [-0.1, -0.05) is 12.1 Å². The molecule has 0 spiro atoms. The molecule has 1 aromatic carbocycles. The van der Waals surface area contributed by atoms with Gasteiger partial charge >= 0.3 is 0 Å². The number of nitrogens with zero attached hydrogens (tertiary/aromatic N) is 1. The highest BCUT2D eigenvalue weighted by molar-refractivity contribution is 7.11. The van der Waals surface area contributed by atoms with E-state index in [1.165, 1.54) is 15.3 Å². The Bertz CT molecular complexity index is 782. The maximum absolute atomic E-state index is 6.14. The van der Waals surface area contributed by atoms with Gasteiger partial charge in [0.05, 0.1) is 26.3 Å². The quantitative estimate of drug-likeness (QED) is 0.518. The van der Waals surface area contributed by atoms with Gasteiger partial charge in [-0.25, -0.2) is 4.99 Å². The minimum atomic E-state index is 0.491. The molecule has 152 valence electrons. The fraction of sp³-hybridized carbons (Fsp3) is 0.500. The molecule has 3 rings (SSSR count). The summed E-state index contributed by atoms with van der Waals surface area (Å²) >= 11 is 1.81. The first-order valence-corrected chi connectivity index (χ1v) is 10.8. The molecule has 6 heteroatoms. The lowest BCUT2D eigenvalue weighted by Crippen LogP contribution is -2.36. The number of thiophene rings is 1. The SMILES string of the molecule is CCNC(=NCc1ccc(C)cc1OCC1CCOC1)NCc1ccc(C)s1. The molecule has 0 bridgehead atoms. The van der Waals surface area contributed by atoms with Gasteiger partial charge in [0.1, 0.15) is 5.75 Å². The molecule has 0 saturated carbocycles. The number of nitrogens with one attached hydrogen (secondary N) is 2. The summed E-state index contributed by atoms with van der Waals surface area (Å²) < 4.78 is 11.6. The van der Waals surface area contributed by atoms with Crippen LogP contribution in [-0.4, -0.2) is 32.3 Å². The van der Waals surface area contributed by atoms with Crippen LogP contribution in [0, 0.1) is 19.8 Å². The van der Waals surface area contributed by atoms with E-state index in [1.807, 2.05) is 11.3 Å². The van der Waals surface area contributed by atoms with E-state index in [4.69, 9.17) is 14.5 Å². The molecule has 2 aromatic rings. The van der Waals surface area contributed by atoms with Gasteiger partial charge in [0.2, 0.25) is 0 Å². The second kappa shape index (κ2) is 10.5. The van der Waals surface area contributed by atoms with Gasteiger partial charge in [-0.15, -0.1) is 11.3 Å². The van der Waals surface area contributed by atoms with Crippen LogP contribution in [0.25, 0.3) is 0 Å². The van der Waals surface area contributed by atoms with Gasteiger partial charge in [-0.3, -0.25) is 0 Å². The van der Waals surface area contributed by atoms with E-state index in [1.54, 1.807) is 0 Å². The van der Waals surface area contributed by atoms with Crippen molar-refractivity contribution in [3.8, 4) is 5.75 Å². The van der Waals surface area contributed by atoms with Crippen LogP contribution in [0.5, 0.6) is 5.75 Å². The van der Waals surface area contributed by atoms with Gasteiger partial charge in [0, 0.05) is 34.4 Å². The predicted molar refractivity (Wildman–Crippen MR) is 116 cm³/mol. The van der Waals surface area contributed by atoms with Crippen LogP contribution in [0.3, 0.4) is 0 Å². The van der Waals surface area contributed by atoms with E-state index < -0.39 is 0 Å². The second-order valence-electron chi connectivity index (χ2n) is 7.21. The summed E-state index contributed by atoms with van der Waals surface area (Å²) in [6.45, 7) is 10.8. The zero-order chi connectivity index (χ0) is 19.8. The van der Waals surface area contributed by atoms with Gasteiger partial charge in [-0.05, 0) is 51.0 Å². The minimum Gasteiger partial charge on any atom is -0.493 e. The first kappa shape index (κ1) is 20.7. The van der Waals surface area contributed by atoms with Gasteiger partial charge in [-0.2, -0.15) is 0 Å². The summed E-state index contributed by atoms with van der Waals surface area (Å²) in [5.74, 6) is 2.25. The van der Waals surface area contributed by atoms with Crippen LogP contribution in [0.15, 0.2) is 35.3 Å². The molecule has 1 aromatic heterocycles. The summed E-state index contributed by atoms with van der Waals surface area (Å²) in [5.41, 5.74) is 2.30. The minimum absolute atomic E-state index is 0.491. The molecule has 5 nitrogen and oxygen atoms in total. The lowest BCUT2D eigenvalue weighted by atomic mass is 10.1. The Morgan fingerprint density at radius 3 is 2.86 bits per heavy atom. The topological polar surface area (TPSA) is 54.9 Å². The maximum Gasteiger partial charge on any atom is 0.191 e. The number of benzene rings is 1. The first-order chi connectivity index (χ1) is 13.6. The van der Waals surface area contributed by atoms with E-state index in [0.717, 1.165) is 50.0 Å². The smallest absolute Gasteiger partial charge is 0.191 e.